The second-order valence-corrected chi connectivity index (χ2v) is 4.06. The van der Waals surface area contributed by atoms with Gasteiger partial charge in [-0.1, -0.05) is 23.2 Å². The molecule has 1 aromatic carbocycles. The van der Waals surface area contributed by atoms with Crippen molar-refractivity contribution < 1.29 is 9.15 Å². The minimum absolute atomic E-state index is 0.143. The molecule has 0 saturated heterocycles. The molecule has 2 N–H and O–H groups in total. The highest BCUT2D eigenvalue weighted by Gasteiger charge is 2.06. The van der Waals surface area contributed by atoms with Crippen molar-refractivity contribution >= 4 is 23.2 Å². The lowest BCUT2D eigenvalue weighted by Crippen LogP contribution is -1.96. The van der Waals surface area contributed by atoms with E-state index in [0.29, 0.717) is 27.6 Å². The Bertz CT molecular complexity index is 496. The molecule has 2 rings (SSSR count). The maximum absolute atomic E-state index is 5.83. The van der Waals surface area contributed by atoms with Gasteiger partial charge in [-0.05, 0) is 18.2 Å². The zero-order valence-corrected chi connectivity index (χ0v) is 10.2. The molecule has 7 heteroatoms. The third-order valence-corrected chi connectivity index (χ3v) is 2.32. The quantitative estimate of drug-likeness (QED) is 0.926. The summed E-state index contributed by atoms with van der Waals surface area (Å²) in [4.78, 5) is 0. The minimum Gasteiger partial charge on any atom is -0.484 e. The van der Waals surface area contributed by atoms with Crippen LogP contribution in [0.15, 0.2) is 22.6 Å². The van der Waals surface area contributed by atoms with Gasteiger partial charge in [0.1, 0.15) is 5.75 Å². The summed E-state index contributed by atoms with van der Waals surface area (Å²) >= 11 is 11.7. The highest BCUT2D eigenvalue weighted by atomic mass is 35.5. The largest absolute Gasteiger partial charge is 0.484 e. The van der Waals surface area contributed by atoms with E-state index in [9.17, 15) is 0 Å². The SMILES string of the molecule is NCc1nnc(COc2cc(Cl)cc(Cl)c2)o1. The Morgan fingerprint density at radius 1 is 1.12 bits per heavy atom. The molecular formula is C10H9Cl2N3O2. The van der Waals surface area contributed by atoms with Crippen molar-refractivity contribution in [1.82, 2.24) is 10.2 Å². The van der Waals surface area contributed by atoms with E-state index >= 15 is 0 Å². The van der Waals surface area contributed by atoms with Gasteiger partial charge in [0.25, 0.3) is 5.89 Å². The second kappa shape index (κ2) is 5.35. The average molecular weight is 274 g/mol. The summed E-state index contributed by atoms with van der Waals surface area (Å²) in [5, 5.41) is 8.47. The van der Waals surface area contributed by atoms with Crippen LogP contribution in [-0.2, 0) is 13.2 Å². The first-order valence-electron chi connectivity index (χ1n) is 4.77. The third-order valence-electron chi connectivity index (χ3n) is 1.88. The van der Waals surface area contributed by atoms with Gasteiger partial charge in [0.2, 0.25) is 5.89 Å². The molecule has 0 aliphatic rings. The molecule has 5 nitrogen and oxygen atoms in total. The number of rotatable bonds is 4. The molecule has 0 spiro atoms. The first-order chi connectivity index (χ1) is 8.17. The summed E-state index contributed by atoms with van der Waals surface area (Å²) in [7, 11) is 0. The number of ether oxygens (including phenoxy) is 1. The van der Waals surface area contributed by atoms with Crippen molar-refractivity contribution in [1.29, 1.82) is 0 Å². The van der Waals surface area contributed by atoms with E-state index in [4.69, 9.17) is 38.1 Å². The molecule has 0 aliphatic heterocycles. The molecule has 2 aromatic rings. The molecule has 1 heterocycles. The Kier molecular flexibility index (Phi) is 3.83. The second-order valence-electron chi connectivity index (χ2n) is 3.19. The maximum Gasteiger partial charge on any atom is 0.253 e. The molecule has 17 heavy (non-hydrogen) atoms. The monoisotopic (exact) mass is 273 g/mol. The lowest BCUT2D eigenvalue weighted by molar-refractivity contribution is 0.259. The molecule has 0 amide bonds. The van der Waals surface area contributed by atoms with Crippen molar-refractivity contribution in [2.45, 2.75) is 13.2 Å². The van der Waals surface area contributed by atoms with Crippen LogP contribution >= 0.6 is 23.2 Å². The summed E-state index contributed by atoms with van der Waals surface area (Å²) < 4.78 is 10.6. The maximum atomic E-state index is 5.83. The summed E-state index contributed by atoms with van der Waals surface area (Å²) in [5.74, 6) is 1.25. The van der Waals surface area contributed by atoms with Gasteiger partial charge in [-0.2, -0.15) is 0 Å². The van der Waals surface area contributed by atoms with Crippen molar-refractivity contribution in [3.05, 3.63) is 40.0 Å². The van der Waals surface area contributed by atoms with E-state index in [1.54, 1.807) is 18.2 Å². The normalized spacial score (nSPS) is 10.5. The van der Waals surface area contributed by atoms with E-state index in [2.05, 4.69) is 10.2 Å². The van der Waals surface area contributed by atoms with Crippen molar-refractivity contribution in [3.63, 3.8) is 0 Å². The molecule has 0 fully saturated rings. The molecule has 0 radical (unpaired) electrons. The number of aromatic nitrogens is 2. The Labute approximate surface area is 107 Å². The van der Waals surface area contributed by atoms with E-state index in [-0.39, 0.29) is 13.2 Å². The van der Waals surface area contributed by atoms with Gasteiger partial charge in [-0.3, -0.25) is 0 Å². The van der Waals surface area contributed by atoms with Gasteiger partial charge >= 0.3 is 0 Å². The number of hydrogen-bond acceptors (Lipinski definition) is 5. The first-order valence-corrected chi connectivity index (χ1v) is 5.53. The van der Waals surface area contributed by atoms with Crippen LogP contribution in [0.3, 0.4) is 0 Å². The van der Waals surface area contributed by atoms with Crippen molar-refractivity contribution in [2.24, 2.45) is 5.73 Å². The summed E-state index contributed by atoms with van der Waals surface area (Å²) in [6.07, 6.45) is 0. The Morgan fingerprint density at radius 2 is 1.76 bits per heavy atom. The van der Waals surface area contributed by atoms with Crippen molar-refractivity contribution in [2.75, 3.05) is 0 Å². The number of nitrogens with two attached hydrogens (primary N) is 1. The Balaban J connectivity index is 2.01. The Hall–Kier alpha value is -1.30. The van der Waals surface area contributed by atoms with Crippen LogP contribution in [0.2, 0.25) is 10.0 Å². The summed E-state index contributed by atoms with van der Waals surface area (Å²) in [6.45, 7) is 0.347. The predicted molar refractivity (Wildman–Crippen MR) is 63.0 cm³/mol. The highest BCUT2D eigenvalue weighted by Crippen LogP contribution is 2.24. The zero-order valence-electron chi connectivity index (χ0n) is 8.69. The summed E-state index contributed by atoms with van der Waals surface area (Å²) in [6, 6.07) is 4.91. The molecule has 0 unspecified atom stereocenters. The van der Waals surface area contributed by atoms with Crippen LogP contribution in [0, 0.1) is 0 Å². The van der Waals surface area contributed by atoms with Gasteiger partial charge in [0.05, 0.1) is 6.54 Å². The van der Waals surface area contributed by atoms with E-state index in [1.807, 2.05) is 0 Å². The van der Waals surface area contributed by atoms with Crippen LogP contribution in [-0.4, -0.2) is 10.2 Å². The molecule has 0 aliphatic carbocycles. The smallest absolute Gasteiger partial charge is 0.253 e. The lowest BCUT2D eigenvalue weighted by atomic mass is 10.3. The number of hydrogen-bond donors (Lipinski definition) is 1. The minimum atomic E-state index is 0.143. The molecular weight excluding hydrogens is 265 g/mol. The van der Waals surface area contributed by atoms with Gasteiger partial charge in [0, 0.05) is 10.0 Å². The third kappa shape index (κ3) is 3.33. The van der Waals surface area contributed by atoms with Crippen LogP contribution in [0.1, 0.15) is 11.8 Å². The lowest BCUT2D eigenvalue weighted by Gasteiger charge is -2.04. The fourth-order valence-corrected chi connectivity index (χ4v) is 1.69. The first kappa shape index (κ1) is 12.2. The molecule has 1 aromatic heterocycles. The molecule has 90 valence electrons. The van der Waals surface area contributed by atoms with Gasteiger partial charge in [-0.25, -0.2) is 0 Å². The summed E-state index contributed by atoms with van der Waals surface area (Å²) in [5.41, 5.74) is 5.34. The van der Waals surface area contributed by atoms with Crippen LogP contribution < -0.4 is 10.5 Å². The van der Waals surface area contributed by atoms with Gasteiger partial charge in [0.15, 0.2) is 6.61 Å². The molecule has 0 saturated carbocycles. The van der Waals surface area contributed by atoms with E-state index in [1.165, 1.54) is 0 Å². The fourth-order valence-electron chi connectivity index (χ4n) is 1.19. The van der Waals surface area contributed by atoms with Crippen molar-refractivity contribution in [3.8, 4) is 5.75 Å². The number of benzene rings is 1. The van der Waals surface area contributed by atoms with Gasteiger partial charge < -0.3 is 14.9 Å². The molecule has 0 bridgehead atoms. The number of halogens is 2. The van der Waals surface area contributed by atoms with E-state index < -0.39 is 0 Å². The predicted octanol–water partition coefficient (Wildman–Crippen LogP) is 2.41. The average Bonchev–Trinajstić information content (AvgIpc) is 2.73. The van der Waals surface area contributed by atoms with Crippen LogP contribution in [0.25, 0.3) is 0 Å². The number of nitrogens with zero attached hydrogens (tertiary/aromatic N) is 2. The Morgan fingerprint density at radius 3 is 2.35 bits per heavy atom. The zero-order chi connectivity index (χ0) is 12.3. The highest BCUT2D eigenvalue weighted by molar-refractivity contribution is 6.34. The van der Waals surface area contributed by atoms with Gasteiger partial charge in [-0.15, -0.1) is 10.2 Å². The fraction of sp³-hybridized carbons (Fsp3) is 0.200. The molecule has 0 atom stereocenters. The van der Waals surface area contributed by atoms with E-state index in [0.717, 1.165) is 0 Å². The standard InChI is InChI=1S/C10H9Cl2N3O2/c11-6-1-7(12)3-8(2-6)16-5-10-15-14-9(4-13)17-10/h1-3H,4-5,13H2. The topological polar surface area (TPSA) is 74.2 Å². The van der Waals surface area contributed by atoms with Crippen LogP contribution in [0.5, 0.6) is 5.75 Å². The van der Waals surface area contributed by atoms with Crippen LogP contribution in [0.4, 0.5) is 0 Å².